The van der Waals surface area contributed by atoms with E-state index in [1.165, 1.54) is 16.7 Å². The first kappa shape index (κ1) is 17.0. The highest BCUT2D eigenvalue weighted by Gasteiger charge is 2.02. The summed E-state index contributed by atoms with van der Waals surface area (Å²) >= 11 is 0. The predicted octanol–water partition coefficient (Wildman–Crippen LogP) is 5.75. The molecule has 0 saturated carbocycles. The van der Waals surface area contributed by atoms with Gasteiger partial charge in [0.1, 0.15) is 12.4 Å². The molecule has 3 aromatic carbocycles. The van der Waals surface area contributed by atoms with E-state index < -0.39 is 0 Å². The van der Waals surface area contributed by atoms with Crippen LogP contribution in [0, 0.1) is 6.92 Å². The van der Waals surface area contributed by atoms with Gasteiger partial charge in [-0.3, -0.25) is 4.99 Å². The van der Waals surface area contributed by atoms with Crippen LogP contribution >= 0.6 is 0 Å². The highest BCUT2D eigenvalue weighted by atomic mass is 16.5. The van der Waals surface area contributed by atoms with Crippen LogP contribution in [0.5, 0.6) is 5.75 Å². The average molecular weight is 329 g/mol. The van der Waals surface area contributed by atoms with Gasteiger partial charge in [0.15, 0.2) is 0 Å². The molecule has 25 heavy (non-hydrogen) atoms. The lowest BCUT2D eigenvalue weighted by Crippen LogP contribution is -1.95. The Morgan fingerprint density at radius 1 is 0.880 bits per heavy atom. The van der Waals surface area contributed by atoms with Crippen molar-refractivity contribution in [3.8, 4) is 5.75 Å². The van der Waals surface area contributed by atoms with Crippen LogP contribution in [0.3, 0.4) is 0 Å². The molecular weight excluding hydrogens is 306 g/mol. The maximum Gasteiger partial charge on any atom is 0.119 e. The number of benzene rings is 3. The van der Waals surface area contributed by atoms with E-state index in [0.717, 1.165) is 11.3 Å². The van der Waals surface area contributed by atoms with Crippen molar-refractivity contribution in [1.82, 2.24) is 0 Å². The van der Waals surface area contributed by atoms with Gasteiger partial charge in [-0.2, -0.15) is 0 Å². The van der Waals surface area contributed by atoms with E-state index in [0.29, 0.717) is 6.61 Å². The largest absolute Gasteiger partial charge is 0.489 e. The van der Waals surface area contributed by atoms with Crippen molar-refractivity contribution >= 4 is 6.21 Å². The molecule has 3 rings (SSSR count). The average Bonchev–Trinajstić information content (AvgIpc) is 2.67. The molecule has 0 amide bonds. The molecule has 0 N–H and O–H groups in total. The molecule has 0 heterocycles. The fourth-order valence-corrected chi connectivity index (χ4v) is 2.52. The second-order valence-electron chi connectivity index (χ2n) is 6.21. The van der Waals surface area contributed by atoms with Crippen molar-refractivity contribution in [2.45, 2.75) is 26.5 Å². The molecule has 0 spiro atoms. The minimum absolute atomic E-state index is 0.148. The number of ether oxygens (including phenoxy) is 1. The van der Waals surface area contributed by atoms with Gasteiger partial charge >= 0.3 is 0 Å². The SMILES string of the molecule is Cc1ccc(C(C)/N=C\c2ccc(OCc3ccccc3)cc2)cc1. The van der Waals surface area contributed by atoms with Gasteiger partial charge in [-0.25, -0.2) is 0 Å². The second kappa shape index (κ2) is 8.29. The minimum atomic E-state index is 0.148. The first-order valence-corrected chi connectivity index (χ1v) is 8.57. The van der Waals surface area contributed by atoms with Gasteiger partial charge in [-0.1, -0.05) is 60.2 Å². The Morgan fingerprint density at radius 3 is 2.24 bits per heavy atom. The molecule has 1 unspecified atom stereocenters. The summed E-state index contributed by atoms with van der Waals surface area (Å²) in [5.74, 6) is 0.868. The van der Waals surface area contributed by atoms with Crippen LogP contribution < -0.4 is 4.74 Å². The van der Waals surface area contributed by atoms with Crippen molar-refractivity contribution in [2.75, 3.05) is 0 Å². The summed E-state index contributed by atoms with van der Waals surface area (Å²) in [6, 6.07) is 26.9. The molecule has 0 aliphatic heterocycles. The first-order chi connectivity index (χ1) is 12.2. The molecular formula is C23H23NO. The highest BCUT2D eigenvalue weighted by Crippen LogP contribution is 2.18. The fourth-order valence-electron chi connectivity index (χ4n) is 2.52. The Hall–Kier alpha value is -2.87. The van der Waals surface area contributed by atoms with E-state index in [1.54, 1.807) is 0 Å². The lowest BCUT2D eigenvalue weighted by Gasteiger charge is -2.08. The lowest BCUT2D eigenvalue weighted by atomic mass is 10.1. The summed E-state index contributed by atoms with van der Waals surface area (Å²) in [7, 11) is 0. The van der Waals surface area contributed by atoms with Crippen LogP contribution in [-0.4, -0.2) is 6.21 Å². The van der Waals surface area contributed by atoms with E-state index in [2.05, 4.69) is 55.2 Å². The molecule has 0 radical (unpaired) electrons. The van der Waals surface area contributed by atoms with Crippen molar-refractivity contribution in [3.63, 3.8) is 0 Å². The van der Waals surface area contributed by atoms with Crippen LogP contribution in [0.25, 0.3) is 0 Å². The minimum Gasteiger partial charge on any atom is -0.489 e. The Labute approximate surface area is 149 Å². The molecule has 1 atom stereocenters. The van der Waals surface area contributed by atoms with E-state index in [-0.39, 0.29) is 6.04 Å². The summed E-state index contributed by atoms with van der Waals surface area (Å²) in [6.07, 6.45) is 1.92. The Bertz CT molecular complexity index is 805. The zero-order valence-corrected chi connectivity index (χ0v) is 14.7. The predicted molar refractivity (Wildman–Crippen MR) is 104 cm³/mol. The topological polar surface area (TPSA) is 21.6 Å². The molecule has 2 nitrogen and oxygen atoms in total. The molecule has 2 heteroatoms. The van der Waals surface area contributed by atoms with E-state index in [4.69, 9.17) is 4.74 Å². The van der Waals surface area contributed by atoms with Gasteiger partial charge in [0.2, 0.25) is 0 Å². The number of aliphatic imine (C=N–C) groups is 1. The second-order valence-corrected chi connectivity index (χ2v) is 6.21. The number of rotatable bonds is 6. The number of hydrogen-bond donors (Lipinski definition) is 0. The van der Waals surface area contributed by atoms with Gasteiger partial charge in [-0.15, -0.1) is 0 Å². The van der Waals surface area contributed by atoms with Gasteiger partial charge in [0.25, 0.3) is 0 Å². The van der Waals surface area contributed by atoms with Crippen LogP contribution in [-0.2, 0) is 6.61 Å². The quantitative estimate of drug-likeness (QED) is 0.527. The Morgan fingerprint density at radius 2 is 1.56 bits per heavy atom. The van der Waals surface area contributed by atoms with E-state index >= 15 is 0 Å². The third-order valence-electron chi connectivity index (χ3n) is 4.14. The fraction of sp³-hybridized carbons (Fsp3) is 0.174. The third kappa shape index (κ3) is 5.05. The lowest BCUT2D eigenvalue weighted by molar-refractivity contribution is 0.306. The van der Waals surface area contributed by atoms with Crippen LogP contribution in [0.15, 0.2) is 83.9 Å². The number of hydrogen-bond acceptors (Lipinski definition) is 2. The van der Waals surface area contributed by atoms with Gasteiger partial charge in [0.05, 0.1) is 6.04 Å². The van der Waals surface area contributed by atoms with E-state index in [1.807, 2.05) is 48.7 Å². The molecule has 0 aromatic heterocycles. The molecule has 0 aliphatic carbocycles. The summed E-state index contributed by atoms with van der Waals surface area (Å²) < 4.78 is 5.81. The van der Waals surface area contributed by atoms with Crippen molar-refractivity contribution < 1.29 is 4.74 Å². The van der Waals surface area contributed by atoms with Crippen LogP contribution in [0.2, 0.25) is 0 Å². The molecule has 0 fully saturated rings. The van der Waals surface area contributed by atoms with Crippen LogP contribution in [0.1, 0.15) is 35.2 Å². The maximum absolute atomic E-state index is 5.81. The Kier molecular flexibility index (Phi) is 5.63. The van der Waals surface area contributed by atoms with Gasteiger partial charge in [-0.05, 0) is 54.8 Å². The van der Waals surface area contributed by atoms with Gasteiger partial charge < -0.3 is 4.74 Å². The summed E-state index contributed by atoms with van der Waals surface area (Å²) in [6.45, 7) is 4.79. The molecule has 0 bridgehead atoms. The summed E-state index contributed by atoms with van der Waals surface area (Å²) in [5, 5.41) is 0. The molecule has 126 valence electrons. The first-order valence-electron chi connectivity index (χ1n) is 8.57. The normalized spacial score (nSPS) is 12.2. The summed E-state index contributed by atoms with van der Waals surface area (Å²) in [5.41, 5.74) is 4.74. The zero-order chi connectivity index (χ0) is 17.5. The smallest absolute Gasteiger partial charge is 0.119 e. The monoisotopic (exact) mass is 329 g/mol. The zero-order valence-electron chi connectivity index (χ0n) is 14.7. The van der Waals surface area contributed by atoms with Crippen molar-refractivity contribution in [1.29, 1.82) is 0 Å². The standard InChI is InChI=1S/C23H23NO/c1-18-8-12-22(13-9-18)19(2)24-16-20-10-14-23(15-11-20)25-17-21-6-4-3-5-7-21/h3-16,19H,17H2,1-2H3/b24-16-. The van der Waals surface area contributed by atoms with Gasteiger partial charge in [0, 0.05) is 6.21 Å². The van der Waals surface area contributed by atoms with Crippen molar-refractivity contribution in [3.05, 3.63) is 101 Å². The highest BCUT2D eigenvalue weighted by molar-refractivity contribution is 5.79. The van der Waals surface area contributed by atoms with E-state index in [9.17, 15) is 0 Å². The maximum atomic E-state index is 5.81. The number of nitrogens with zero attached hydrogens (tertiary/aromatic N) is 1. The van der Waals surface area contributed by atoms with Crippen molar-refractivity contribution in [2.24, 2.45) is 4.99 Å². The molecule has 0 aliphatic rings. The summed E-state index contributed by atoms with van der Waals surface area (Å²) in [4.78, 5) is 4.65. The molecule has 0 saturated heterocycles. The Balaban J connectivity index is 1.57. The number of aryl methyl sites for hydroxylation is 1. The molecule has 3 aromatic rings. The third-order valence-corrected chi connectivity index (χ3v) is 4.14. The van der Waals surface area contributed by atoms with Crippen LogP contribution in [0.4, 0.5) is 0 Å².